The third-order valence-corrected chi connectivity index (χ3v) is 5.10. The SMILES string of the molecule is COc1ccc(/C=C/C(=O)c2ccc(O[C@@H]3O[C@@H](CO)[C@@H](O)[C@H](O)[C@@H]3O)c(O)c2O)cc1O. The molecule has 0 aromatic heterocycles. The van der Waals surface area contributed by atoms with Gasteiger partial charge in [-0.15, -0.1) is 0 Å². The molecule has 2 aromatic carbocycles. The summed E-state index contributed by atoms with van der Waals surface area (Å²) in [5.74, 6) is -2.54. The molecule has 178 valence electrons. The normalized spacial score (nSPS) is 25.2. The highest BCUT2D eigenvalue weighted by Crippen LogP contribution is 2.40. The van der Waals surface area contributed by atoms with Crippen LogP contribution in [0.4, 0.5) is 0 Å². The third-order valence-electron chi connectivity index (χ3n) is 5.10. The van der Waals surface area contributed by atoms with Gasteiger partial charge in [0.05, 0.1) is 19.3 Å². The molecule has 0 bridgehead atoms. The number of phenols is 3. The van der Waals surface area contributed by atoms with E-state index in [1.165, 1.54) is 25.3 Å². The Kier molecular flexibility index (Phi) is 7.41. The van der Waals surface area contributed by atoms with Gasteiger partial charge in [-0.05, 0) is 35.9 Å². The first-order chi connectivity index (χ1) is 15.7. The van der Waals surface area contributed by atoms with Crippen molar-refractivity contribution in [2.45, 2.75) is 30.7 Å². The maximum Gasteiger partial charge on any atom is 0.229 e. The number of aliphatic hydroxyl groups excluding tert-OH is 4. The zero-order chi connectivity index (χ0) is 24.3. The van der Waals surface area contributed by atoms with Crippen LogP contribution < -0.4 is 9.47 Å². The summed E-state index contributed by atoms with van der Waals surface area (Å²) in [5.41, 5.74) is 0.218. The van der Waals surface area contributed by atoms with Crippen molar-refractivity contribution < 1.29 is 54.8 Å². The number of carbonyl (C=O) groups excluding carboxylic acids is 1. The van der Waals surface area contributed by atoms with Gasteiger partial charge in [-0.3, -0.25) is 4.79 Å². The van der Waals surface area contributed by atoms with Gasteiger partial charge >= 0.3 is 0 Å². The fourth-order valence-corrected chi connectivity index (χ4v) is 3.22. The zero-order valence-corrected chi connectivity index (χ0v) is 17.4. The van der Waals surface area contributed by atoms with Crippen molar-refractivity contribution in [3.63, 3.8) is 0 Å². The van der Waals surface area contributed by atoms with E-state index in [0.717, 1.165) is 18.2 Å². The van der Waals surface area contributed by atoms with Crippen LogP contribution in [0.5, 0.6) is 28.7 Å². The average Bonchev–Trinajstić information content (AvgIpc) is 2.80. The van der Waals surface area contributed by atoms with Gasteiger partial charge < -0.3 is 50.0 Å². The predicted molar refractivity (Wildman–Crippen MR) is 112 cm³/mol. The molecule has 33 heavy (non-hydrogen) atoms. The fourth-order valence-electron chi connectivity index (χ4n) is 3.22. The smallest absolute Gasteiger partial charge is 0.229 e. The largest absolute Gasteiger partial charge is 0.504 e. The van der Waals surface area contributed by atoms with Crippen molar-refractivity contribution in [3.05, 3.63) is 47.5 Å². The third kappa shape index (κ3) is 5.02. The summed E-state index contributed by atoms with van der Waals surface area (Å²) in [7, 11) is 1.40. The molecule has 7 N–H and O–H groups in total. The highest BCUT2D eigenvalue weighted by Gasteiger charge is 2.45. The Hall–Kier alpha value is -3.35. The first-order valence-electron chi connectivity index (χ1n) is 9.79. The minimum absolute atomic E-state index is 0.123. The molecule has 1 saturated heterocycles. The molecule has 2 aromatic rings. The number of hydrogen-bond donors (Lipinski definition) is 7. The number of benzene rings is 2. The topological polar surface area (TPSA) is 186 Å². The highest BCUT2D eigenvalue weighted by molar-refractivity contribution is 6.09. The molecule has 0 amide bonds. The summed E-state index contributed by atoms with van der Waals surface area (Å²) in [6, 6.07) is 6.77. The van der Waals surface area contributed by atoms with E-state index in [0.29, 0.717) is 5.56 Å². The number of ether oxygens (including phenoxy) is 3. The van der Waals surface area contributed by atoms with Gasteiger partial charge in [0, 0.05) is 0 Å². The molecule has 5 atom stereocenters. The van der Waals surface area contributed by atoms with E-state index < -0.39 is 54.6 Å². The average molecular weight is 464 g/mol. The summed E-state index contributed by atoms with van der Waals surface area (Å²) in [6.45, 7) is -0.673. The number of phenolic OH excluding ortho intramolecular Hbond substituents is 3. The molecule has 11 nitrogen and oxygen atoms in total. The molecule has 1 aliphatic heterocycles. The number of aromatic hydroxyl groups is 3. The molecular formula is C22H24O11. The van der Waals surface area contributed by atoms with Crippen molar-refractivity contribution in [3.8, 4) is 28.7 Å². The summed E-state index contributed by atoms with van der Waals surface area (Å²) in [5, 5.41) is 69.2. The number of hydrogen-bond acceptors (Lipinski definition) is 11. The first kappa shape index (κ1) is 24.3. The van der Waals surface area contributed by atoms with Crippen LogP contribution >= 0.6 is 0 Å². The fraction of sp³-hybridized carbons (Fsp3) is 0.318. The number of aliphatic hydroxyl groups is 4. The number of carbonyl (C=O) groups is 1. The molecule has 1 fully saturated rings. The maximum absolute atomic E-state index is 12.5. The lowest BCUT2D eigenvalue weighted by Gasteiger charge is -2.39. The minimum Gasteiger partial charge on any atom is -0.504 e. The lowest BCUT2D eigenvalue weighted by Crippen LogP contribution is -2.60. The van der Waals surface area contributed by atoms with Crippen LogP contribution in [0.3, 0.4) is 0 Å². The van der Waals surface area contributed by atoms with E-state index in [9.17, 15) is 40.5 Å². The van der Waals surface area contributed by atoms with Crippen LogP contribution in [0.25, 0.3) is 6.08 Å². The summed E-state index contributed by atoms with van der Waals surface area (Å²) in [4.78, 5) is 12.5. The Morgan fingerprint density at radius 3 is 2.33 bits per heavy atom. The van der Waals surface area contributed by atoms with Gasteiger partial charge in [-0.1, -0.05) is 12.1 Å². The monoisotopic (exact) mass is 464 g/mol. The molecule has 1 aliphatic rings. The molecule has 1 heterocycles. The second-order valence-electron chi connectivity index (χ2n) is 7.25. The van der Waals surface area contributed by atoms with Crippen LogP contribution in [-0.2, 0) is 4.74 Å². The van der Waals surface area contributed by atoms with E-state index in [-0.39, 0.29) is 22.8 Å². The molecule has 0 aliphatic carbocycles. The maximum atomic E-state index is 12.5. The van der Waals surface area contributed by atoms with Crippen LogP contribution in [0.1, 0.15) is 15.9 Å². The van der Waals surface area contributed by atoms with Crippen LogP contribution in [0.15, 0.2) is 36.4 Å². The van der Waals surface area contributed by atoms with Gasteiger partial charge in [-0.2, -0.15) is 0 Å². The number of allylic oxidation sites excluding steroid dienone is 1. The van der Waals surface area contributed by atoms with E-state index in [1.54, 1.807) is 6.07 Å². The molecule has 0 saturated carbocycles. The second kappa shape index (κ2) is 10.1. The van der Waals surface area contributed by atoms with Crippen molar-refractivity contribution in [1.82, 2.24) is 0 Å². The minimum atomic E-state index is -1.73. The Balaban J connectivity index is 1.77. The second-order valence-corrected chi connectivity index (χ2v) is 7.25. The molecular weight excluding hydrogens is 440 g/mol. The Labute approximate surface area is 188 Å². The molecule has 0 unspecified atom stereocenters. The highest BCUT2D eigenvalue weighted by atomic mass is 16.7. The Morgan fingerprint density at radius 2 is 1.70 bits per heavy atom. The standard InChI is InChI=1S/C22H24O11/c1-31-14-6-3-10(8-13(14)25)2-5-12(24)11-4-7-15(18(27)17(11)26)32-22-21(30)20(29)19(28)16(9-23)33-22/h2-8,16,19-23,25-30H,9H2,1H3/b5-2+/t16-,19+,20-,21-,22+/m0/s1. The zero-order valence-electron chi connectivity index (χ0n) is 17.4. The van der Waals surface area contributed by atoms with Gasteiger partial charge in [0.25, 0.3) is 0 Å². The van der Waals surface area contributed by atoms with Crippen LogP contribution in [0.2, 0.25) is 0 Å². The predicted octanol–water partition coefficient (Wildman–Crippen LogP) is -0.113. The summed E-state index contributed by atoms with van der Waals surface area (Å²) in [6.07, 6.45) is -5.33. The molecule has 0 radical (unpaired) electrons. The van der Waals surface area contributed by atoms with E-state index in [4.69, 9.17) is 14.2 Å². The van der Waals surface area contributed by atoms with Crippen molar-refractivity contribution in [2.24, 2.45) is 0 Å². The number of rotatable bonds is 7. The van der Waals surface area contributed by atoms with E-state index in [2.05, 4.69) is 0 Å². The van der Waals surface area contributed by atoms with Crippen LogP contribution in [0, 0.1) is 0 Å². The summed E-state index contributed by atoms with van der Waals surface area (Å²) >= 11 is 0. The van der Waals surface area contributed by atoms with Gasteiger partial charge in [0.2, 0.25) is 12.0 Å². The molecule has 11 heteroatoms. The van der Waals surface area contributed by atoms with Gasteiger partial charge in [0.1, 0.15) is 24.4 Å². The lowest BCUT2D eigenvalue weighted by atomic mass is 9.99. The van der Waals surface area contributed by atoms with Crippen molar-refractivity contribution in [2.75, 3.05) is 13.7 Å². The lowest BCUT2D eigenvalue weighted by molar-refractivity contribution is -0.277. The van der Waals surface area contributed by atoms with Gasteiger partial charge in [0.15, 0.2) is 28.8 Å². The number of methoxy groups -OCH3 is 1. The van der Waals surface area contributed by atoms with E-state index in [1.807, 2.05) is 0 Å². The Morgan fingerprint density at radius 1 is 1.00 bits per heavy atom. The quantitative estimate of drug-likeness (QED) is 0.165. The van der Waals surface area contributed by atoms with Gasteiger partial charge in [-0.25, -0.2) is 0 Å². The molecule has 0 spiro atoms. The summed E-state index contributed by atoms with van der Waals surface area (Å²) < 4.78 is 15.4. The van der Waals surface area contributed by atoms with Crippen molar-refractivity contribution >= 4 is 11.9 Å². The van der Waals surface area contributed by atoms with E-state index >= 15 is 0 Å². The Bertz CT molecular complexity index is 1030. The first-order valence-corrected chi connectivity index (χ1v) is 9.79. The van der Waals surface area contributed by atoms with Crippen molar-refractivity contribution in [1.29, 1.82) is 0 Å². The molecule has 3 rings (SSSR count). The number of ketones is 1. The van der Waals surface area contributed by atoms with Crippen LogP contribution in [-0.4, -0.2) is 86.0 Å².